The van der Waals surface area contributed by atoms with E-state index in [1.807, 2.05) is 6.08 Å². The van der Waals surface area contributed by atoms with Gasteiger partial charge in [0.05, 0.1) is 25.4 Å². The summed E-state index contributed by atoms with van der Waals surface area (Å²) in [4.78, 5) is 24.4. The number of aliphatic hydroxyl groups is 2. The Labute approximate surface area is 405 Å². The van der Waals surface area contributed by atoms with Crippen LogP contribution in [-0.2, 0) is 14.3 Å². The van der Waals surface area contributed by atoms with E-state index in [0.717, 1.165) is 44.9 Å². The molecule has 0 saturated carbocycles. The number of hydrogen-bond donors (Lipinski definition) is 3. The highest BCUT2D eigenvalue weighted by atomic mass is 16.5. The highest BCUT2D eigenvalue weighted by Gasteiger charge is 2.18. The van der Waals surface area contributed by atoms with E-state index < -0.39 is 12.1 Å². The fraction of sp³-hybridized carbons (Fsp3) is 0.898. The normalized spacial score (nSPS) is 12.7. The average Bonchev–Trinajstić information content (AvgIpc) is 3.31. The van der Waals surface area contributed by atoms with E-state index >= 15 is 0 Å². The van der Waals surface area contributed by atoms with Crippen LogP contribution < -0.4 is 5.32 Å². The summed E-state index contributed by atoms with van der Waals surface area (Å²) < 4.78 is 5.46. The minimum absolute atomic E-state index is 0.0106. The van der Waals surface area contributed by atoms with Crippen molar-refractivity contribution in [2.24, 2.45) is 0 Å². The van der Waals surface area contributed by atoms with Crippen molar-refractivity contribution < 1.29 is 24.5 Å². The van der Waals surface area contributed by atoms with E-state index in [0.29, 0.717) is 19.4 Å². The van der Waals surface area contributed by atoms with Crippen LogP contribution in [-0.4, -0.2) is 47.4 Å². The first-order valence-electron chi connectivity index (χ1n) is 29.1. The van der Waals surface area contributed by atoms with Gasteiger partial charge in [0.15, 0.2) is 0 Å². The van der Waals surface area contributed by atoms with Crippen LogP contribution in [0.5, 0.6) is 0 Å². The van der Waals surface area contributed by atoms with Gasteiger partial charge < -0.3 is 20.3 Å². The molecule has 65 heavy (non-hydrogen) atoms. The van der Waals surface area contributed by atoms with Crippen molar-refractivity contribution in [3.63, 3.8) is 0 Å². The van der Waals surface area contributed by atoms with Gasteiger partial charge in [-0.2, -0.15) is 0 Å². The van der Waals surface area contributed by atoms with E-state index in [9.17, 15) is 19.8 Å². The number of esters is 1. The lowest BCUT2D eigenvalue weighted by molar-refractivity contribution is -0.143. The Hall–Kier alpha value is -1.66. The Morgan fingerprint density at radius 2 is 0.723 bits per heavy atom. The smallest absolute Gasteiger partial charge is 0.305 e. The van der Waals surface area contributed by atoms with Gasteiger partial charge in [-0.3, -0.25) is 9.59 Å². The first-order chi connectivity index (χ1) is 32.0. The van der Waals surface area contributed by atoms with Crippen LogP contribution in [0.2, 0.25) is 0 Å². The Morgan fingerprint density at radius 1 is 0.415 bits per heavy atom. The minimum atomic E-state index is -0.847. The molecule has 0 spiro atoms. The summed E-state index contributed by atoms with van der Waals surface area (Å²) >= 11 is 0. The van der Waals surface area contributed by atoms with Crippen molar-refractivity contribution in [1.29, 1.82) is 0 Å². The quantitative estimate of drug-likeness (QED) is 0.0321. The zero-order valence-corrected chi connectivity index (χ0v) is 43.7. The average molecular weight is 917 g/mol. The van der Waals surface area contributed by atoms with Gasteiger partial charge in [-0.15, -0.1) is 0 Å². The summed E-state index contributed by atoms with van der Waals surface area (Å²) in [6.45, 7) is 4.90. The summed E-state index contributed by atoms with van der Waals surface area (Å²) in [5.74, 6) is -0.0628. The van der Waals surface area contributed by atoms with Gasteiger partial charge in [0, 0.05) is 12.8 Å². The lowest BCUT2D eigenvalue weighted by atomic mass is 10.0. The molecule has 2 atom stereocenters. The van der Waals surface area contributed by atoms with E-state index in [1.54, 1.807) is 6.08 Å². The number of aliphatic hydroxyl groups excluding tert-OH is 2. The summed E-state index contributed by atoms with van der Waals surface area (Å²) in [5.41, 5.74) is 0. The van der Waals surface area contributed by atoms with E-state index in [4.69, 9.17) is 4.74 Å². The van der Waals surface area contributed by atoms with E-state index in [-0.39, 0.29) is 18.5 Å². The van der Waals surface area contributed by atoms with Gasteiger partial charge in [0.2, 0.25) is 5.91 Å². The summed E-state index contributed by atoms with van der Waals surface area (Å²) in [5, 5.41) is 23.1. The molecule has 2 unspecified atom stereocenters. The molecule has 0 aromatic rings. The fourth-order valence-electron chi connectivity index (χ4n) is 8.98. The van der Waals surface area contributed by atoms with Gasteiger partial charge in [-0.1, -0.05) is 269 Å². The number of nitrogens with one attached hydrogen (secondary N) is 1. The van der Waals surface area contributed by atoms with Crippen molar-refractivity contribution in [1.82, 2.24) is 5.32 Å². The summed E-state index contributed by atoms with van der Waals surface area (Å²) in [6.07, 6.45) is 66.3. The molecule has 0 aliphatic rings. The second-order valence-corrected chi connectivity index (χ2v) is 20.0. The largest absolute Gasteiger partial charge is 0.466 e. The van der Waals surface area contributed by atoms with Crippen molar-refractivity contribution >= 4 is 11.9 Å². The van der Waals surface area contributed by atoms with Crippen molar-refractivity contribution in [3.05, 3.63) is 24.3 Å². The van der Waals surface area contributed by atoms with Crippen LogP contribution in [0.1, 0.15) is 316 Å². The third kappa shape index (κ3) is 51.6. The highest BCUT2D eigenvalue weighted by Crippen LogP contribution is 2.17. The number of allylic oxidation sites excluding steroid dienone is 3. The molecule has 0 aromatic carbocycles. The second-order valence-electron chi connectivity index (χ2n) is 20.0. The van der Waals surface area contributed by atoms with Gasteiger partial charge in [-0.05, 0) is 57.8 Å². The third-order valence-corrected chi connectivity index (χ3v) is 13.5. The summed E-state index contributed by atoms with van der Waals surface area (Å²) in [7, 11) is 0. The maximum Gasteiger partial charge on any atom is 0.305 e. The predicted octanol–water partition coefficient (Wildman–Crippen LogP) is 17.9. The molecular formula is C59H113NO5. The topological polar surface area (TPSA) is 95.9 Å². The first-order valence-corrected chi connectivity index (χ1v) is 29.1. The van der Waals surface area contributed by atoms with Crippen LogP contribution in [0.4, 0.5) is 0 Å². The van der Waals surface area contributed by atoms with Crippen LogP contribution in [0, 0.1) is 0 Å². The Balaban J connectivity index is 3.43. The molecule has 384 valence electrons. The van der Waals surface area contributed by atoms with Crippen LogP contribution >= 0.6 is 0 Å². The summed E-state index contributed by atoms with van der Waals surface area (Å²) in [6, 6.07) is -0.631. The van der Waals surface area contributed by atoms with Gasteiger partial charge in [-0.25, -0.2) is 0 Å². The second kappa shape index (κ2) is 54.9. The molecule has 6 heteroatoms. The minimum Gasteiger partial charge on any atom is -0.466 e. The van der Waals surface area contributed by atoms with Crippen molar-refractivity contribution in [2.75, 3.05) is 13.2 Å². The molecule has 0 fully saturated rings. The van der Waals surface area contributed by atoms with Crippen LogP contribution in [0.25, 0.3) is 0 Å². The first kappa shape index (κ1) is 63.3. The molecule has 6 nitrogen and oxygen atoms in total. The Bertz CT molecular complexity index is 1010. The molecular weight excluding hydrogens is 803 g/mol. The molecule has 0 aromatic heterocycles. The molecule has 0 saturated heterocycles. The molecule has 0 rings (SSSR count). The number of carbonyl (C=O) groups is 2. The Morgan fingerprint density at radius 3 is 1.09 bits per heavy atom. The molecule has 0 radical (unpaired) electrons. The van der Waals surface area contributed by atoms with Crippen LogP contribution in [0.3, 0.4) is 0 Å². The van der Waals surface area contributed by atoms with Crippen molar-refractivity contribution in [3.8, 4) is 0 Å². The number of carbonyl (C=O) groups excluding carboxylic acids is 2. The maximum atomic E-state index is 12.4. The van der Waals surface area contributed by atoms with Crippen LogP contribution in [0.15, 0.2) is 24.3 Å². The highest BCUT2D eigenvalue weighted by molar-refractivity contribution is 5.76. The van der Waals surface area contributed by atoms with Gasteiger partial charge in [0.25, 0.3) is 0 Å². The number of ether oxygens (including phenoxy) is 1. The lowest BCUT2D eigenvalue weighted by Crippen LogP contribution is -2.45. The lowest BCUT2D eigenvalue weighted by Gasteiger charge is -2.20. The third-order valence-electron chi connectivity index (χ3n) is 13.5. The molecule has 3 N–H and O–H groups in total. The number of unbranched alkanes of at least 4 members (excludes halogenated alkanes) is 41. The molecule has 0 aliphatic carbocycles. The molecule has 0 aliphatic heterocycles. The SMILES string of the molecule is CCCCCCCCCCCCCC/C=C/C(O)C(CO)NC(=O)CCCCCCCCC/C=C\CCCCCCCCCCCCCCOC(=O)CCCCCCCCCCCCC. The number of rotatable bonds is 54. The Kier molecular flexibility index (Phi) is 53.5. The fourth-order valence-corrected chi connectivity index (χ4v) is 8.98. The van der Waals surface area contributed by atoms with Gasteiger partial charge in [0.1, 0.15) is 0 Å². The number of amides is 1. The van der Waals surface area contributed by atoms with Crippen molar-refractivity contribution in [2.45, 2.75) is 328 Å². The molecule has 0 heterocycles. The zero-order chi connectivity index (χ0) is 47.2. The molecule has 0 bridgehead atoms. The van der Waals surface area contributed by atoms with E-state index in [1.165, 1.54) is 244 Å². The maximum absolute atomic E-state index is 12.4. The number of hydrogen-bond acceptors (Lipinski definition) is 5. The van der Waals surface area contributed by atoms with E-state index in [2.05, 4.69) is 31.3 Å². The zero-order valence-electron chi connectivity index (χ0n) is 43.7. The molecule has 1 amide bonds. The standard InChI is InChI=1S/C59H113NO5/c1-3-5-7-9-11-13-15-16-28-32-35-39-43-47-51-57(62)56(55-61)60-58(63)52-48-44-40-36-33-29-26-24-22-20-18-17-19-21-23-25-27-30-34-38-42-46-50-54-65-59(64)53-49-45-41-37-31-14-12-10-8-6-4-2/h20,22,47,51,56-57,61-62H,3-19,21,23-46,48-50,52-55H2,1-2H3,(H,60,63)/b22-20-,51-47+. The predicted molar refractivity (Wildman–Crippen MR) is 283 cm³/mol. The van der Waals surface area contributed by atoms with Gasteiger partial charge >= 0.3 is 5.97 Å². The monoisotopic (exact) mass is 916 g/mol.